The summed E-state index contributed by atoms with van der Waals surface area (Å²) in [5.74, 6) is -0.963. The van der Waals surface area contributed by atoms with Crippen LogP contribution in [0.5, 0.6) is 0 Å². The normalized spacial score (nSPS) is 20.9. The third-order valence-corrected chi connectivity index (χ3v) is 4.60. The zero-order chi connectivity index (χ0) is 21.3. The van der Waals surface area contributed by atoms with Gasteiger partial charge in [0.25, 0.3) is 0 Å². The second-order valence-electron chi connectivity index (χ2n) is 6.74. The van der Waals surface area contributed by atoms with E-state index in [9.17, 15) is 14.4 Å². The van der Waals surface area contributed by atoms with Crippen molar-refractivity contribution in [2.45, 2.75) is 31.8 Å². The number of hydrogen-bond donors (Lipinski definition) is 1. The minimum absolute atomic E-state index is 0.0295. The van der Waals surface area contributed by atoms with Crippen LogP contribution in [-0.2, 0) is 19.0 Å². The fourth-order valence-electron chi connectivity index (χ4n) is 3.35. The molecule has 156 valence electrons. The Labute approximate surface area is 170 Å². The molecule has 0 saturated carbocycles. The molecule has 2 N–H and O–H groups in total. The van der Waals surface area contributed by atoms with Gasteiger partial charge in [-0.05, 0) is 12.1 Å². The zero-order valence-corrected chi connectivity index (χ0v) is 16.0. The maximum Gasteiger partial charge on any atom is 0.357 e. The number of ether oxygens (including phenoxy) is 3. The summed E-state index contributed by atoms with van der Waals surface area (Å²) in [6.07, 6.45) is 1.33. The van der Waals surface area contributed by atoms with Gasteiger partial charge in [-0.1, -0.05) is 18.2 Å². The average molecular weight is 413 g/mol. The van der Waals surface area contributed by atoms with Gasteiger partial charge < -0.3 is 19.9 Å². The molecule has 1 saturated heterocycles. The number of benzene rings is 1. The van der Waals surface area contributed by atoms with Gasteiger partial charge in [-0.25, -0.2) is 14.0 Å². The number of anilines is 1. The van der Waals surface area contributed by atoms with E-state index in [0.717, 1.165) is 0 Å². The number of esters is 2. The number of fused-ring (bicyclic) bond motifs is 1. The molecule has 0 bridgehead atoms. The second kappa shape index (κ2) is 7.95. The number of nitrogen functional groups attached to an aromatic ring is 1. The van der Waals surface area contributed by atoms with Gasteiger partial charge in [0.15, 0.2) is 6.23 Å². The highest BCUT2D eigenvalue weighted by Gasteiger charge is 2.40. The number of nitrogens with zero attached hydrogens (tertiary/aromatic N) is 4. The Balaban J connectivity index is 1.54. The minimum atomic E-state index is -0.784. The van der Waals surface area contributed by atoms with Crippen molar-refractivity contribution in [1.29, 1.82) is 0 Å². The van der Waals surface area contributed by atoms with Crippen LogP contribution in [0.4, 0.5) is 5.95 Å². The van der Waals surface area contributed by atoms with E-state index in [1.165, 1.54) is 22.1 Å². The summed E-state index contributed by atoms with van der Waals surface area (Å²) in [4.78, 5) is 43.4. The molecule has 1 fully saturated rings. The molecule has 1 unspecified atom stereocenters. The predicted octanol–water partition coefficient (Wildman–Crippen LogP) is 0.549. The fraction of sp³-hybridized carbons (Fsp3) is 0.316. The van der Waals surface area contributed by atoms with Gasteiger partial charge >= 0.3 is 17.6 Å². The molecular weight excluding hydrogens is 394 g/mol. The molecular formula is C19H19N5O6. The van der Waals surface area contributed by atoms with Crippen LogP contribution in [0.15, 0.2) is 47.5 Å². The lowest BCUT2D eigenvalue weighted by atomic mass is 10.2. The maximum atomic E-state index is 12.2. The van der Waals surface area contributed by atoms with Crippen molar-refractivity contribution in [3.63, 3.8) is 0 Å². The molecule has 0 aliphatic carbocycles. The van der Waals surface area contributed by atoms with Gasteiger partial charge in [-0.3, -0.25) is 9.36 Å². The van der Waals surface area contributed by atoms with E-state index in [1.807, 2.05) is 0 Å². The largest absolute Gasteiger partial charge is 0.459 e. The third kappa shape index (κ3) is 3.87. The number of rotatable bonds is 5. The summed E-state index contributed by atoms with van der Waals surface area (Å²) < 4.78 is 19.5. The van der Waals surface area contributed by atoms with E-state index in [2.05, 4.69) is 9.97 Å². The van der Waals surface area contributed by atoms with Crippen molar-refractivity contribution >= 4 is 23.7 Å². The van der Waals surface area contributed by atoms with Gasteiger partial charge in [-0.15, -0.1) is 0 Å². The average Bonchev–Trinajstić information content (AvgIpc) is 3.30. The van der Waals surface area contributed by atoms with Gasteiger partial charge in [0, 0.05) is 25.7 Å². The quantitative estimate of drug-likeness (QED) is 0.594. The van der Waals surface area contributed by atoms with E-state index in [1.54, 1.807) is 36.5 Å². The number of hydrogen-bond acceptors (Lipinski definition) is 9. The van der Waals surface area contributed by atoms with Crippen molar-refractivity contribution in [1.82, 2.24) is 18.9 Å². The summed E-state index contributed by atoms with van der Waals surface area (Å²) in [5.41, 5.74) is 5.43. The SMILES string of the molecule is CC(=O)OC1C[C@@H](COC(=O)c2ccccc2)O[C@H]1n1ccn2c(=O)nc(N)nc12. The first-order valence-electron chi connectivity index (χ1n) is 9.20. The Kier molecular flexibility index (Phi) is 5.19. The molecule has 4 rings (SSSR count). The number of carbonyl (C=O) groups excluding carboxylic acids is 2. The zero-order valence-electron chi connectivity index (χ0n) is 16.0. The Bertz CT molecular complexity index is 1140. The molecule has 1 aliphatic rings. The van der Waals surface area contributed by atoms with Crippen LogP contribution in [0, 0.1) is 0 Å². The topological polar surface area (TPSA) is 140 Å². The van der Waals surface area contributed by atoms with Crippen molar-refractivity contribution in [3.05, 3.63) is 58.8 Å². The molecule has 1 aromatic carbocycles. The highest BCUT2D eigenvalue weighted by atomic mass is 16.6. The number of nitrogens with two attached hydrogens (primary N) is 1. The van der Waals surface area contributed by atoms with Crippen molar-refractivity contribution in [3.8, 4) is 0 Å². The van der Waals surface area contributed by atoms with Crippen molar-refractivity contribution in [2.75, 3.05) is 12.3 Å². The van der Waals surface area contributed by atoms with E-state index < -0.39 is 36.1 Å². The Hall–Kier alpha value is -3.73. The Morgan fingerprint density at radius 2 is 2.00 bits per heavy atom. The molecule has 30 heavy (non-hydrogen) atoms. The summed E-state index contributed by atoms with van der Waals surface area (Å²) in [6, 6.07) is 8.57. The lowest BCUT2D eigenvalue weighted by Gasteiger charge is -2.20. The lowest BCUT2D eigenvalue weighted by Crippen LogP contribution is -2.26. The van der Waals surface area contributed by atoms with Crippen molar-refractivity contribution in [2.24, 2.45) is 0 Å². The van der Waals surface area contributed by atoms with Crippen LogP contribution in [0.1, 0.15) is 29.9 Å². The molecule has 3 atom stereocenters. The van der Waals surface area contributed by atoms with Crippen LogP contribution >= 0.6 is 0 Å². The fourth-order valence-corrected chi connectivity index (χ4v) is 3.35. The van der Waals surface area contributed by atoms with Gasteiger partial charge in [0.05, 0.1) is 11.7 Å². The van der Waals surface area contributed by atoms with Crippen LogP contribution < -0.4 is 11.4 Å². The van der Waals surface area contributed by atoms with E-state index >= 15 is 0 Å². The Morgan fingerprint density at radius 3 is 2.73 bits per heavy atom. The van der Waals surface area contributed by atoms with E-state index in [-0.39, 0.29) is 18.3 Å². The highest BCUT2D eigenvalue weighted by molar-refractivity contribution is 5.89. The van der Waals surface area contributed by atoms with E-state index in [4.69, 9.17) is 19.9 Å². The predicted molar refractivity (Wildman–Crippen MR) is 102 cm³/mol. The van der Waals surface area contributed by atoms with Crippen LogP contribution in [0.25, 0.3) is 5.78 Å². The molecule has 0 radical (unpaired) electrons. The van der Waals surface area contributed by atoms with Crippen LogP contribution in [0.2, 0.25) is 0 Å². The lowest BCUT2D eigenvalue weighted by molar-refractivity contribution is -0.152. The molecule has 2 aromatic heterocycles. The third-order valence-electron chi connectivity index (χ3n) is 4.60. The highest BCUT2D eigenvalue weighted by Crippen LogP contribution is 2.32. The van der Waals surface area contributed by atoms with Crippen molar-refractivity contribution < 1.29 is 23.8 Å². The smallest absolute Gasteiger partial charge is 0.357 e. The molecule has 11 nitrogen and oxygen atoms in total. The molecule has 3 heterocycles. The summed E-state index contributed by atoms with van der Waals surface area (Å²) >= 11 is 0. The number of imidazole rings is 1. The summed E-state index contributed by atoms with van der Waals surface area (Å²) in [6.45, 7) is 1.26. The summed E-state index contributed by atoms with van der Waals surface area (Å²) in [7, 11) is 0. The molecule has 0 spiro atoms. The summed E-state index contributed by atoms with van der Waals surface area (Å²) in [5, 5.41) is 0. The molecule has 3 aromatic rings. The minimum Gasteiger partial charge on any atom is -0.459 e. The van der Waals surface area contributed by atoms with E-state index in [0.29, 0.717) is 12.0 Å². The maximum absolute atomic E-state index is 12.2. The van der Waals surface area contributed by atoms with Gasteiger partial charge in [0.1, 0.15) is 12.7 Å². The number of carbonyl (C=O) groups is 2. The molecule has 0 amide bonds. The first kappa shape index (κ1) is 19.6. The first-order valence-corrected chi connectivity index (χ1v) is 9.20. The molecule has 11 heteroatoms. The van der Waals surface area contributed by atoms with Gasteiger partial charge in [-0.2, -0.15) is 9.97 Å². The monoisotopic (exact) mass is 413 g/mol. The van der Waals surface area contributed by atoms with Gasteiger partial charge in [0.2, 0.25) is 11.7 Å². The Morgan fingerprint density at radius 1 is 1.23 bits per heavy atom. The molecule has 1 aliphatic heterocycles. The van der Waals surface area contributed by atoms with Crippen LogP contribution in [0.3, 0.4) is 0 Å². The number of aromatic nitrogens is 4. The van der Waals surface area contributed by atoms with Crippen LogP contribution in [-0.4, -0.2) is 49.7 Å². The first-order chi connectivity index (χ1) is 14.4. The standard InChI is InChI=1S/C19H19N5O6/c1-11(25)29-14-9-13(10-28-16(26)12-5-3-2-4-6-12)30-15(14)23-7-8-24-18(23)21-17(20)22-19(24)27/h2-8,13-15H,9-10H2,1H3,(H2,20,22,27)/t13-,14?,15+/m0/s1. The second-order valence-corrected chi connectivity index (χ2v) is 6.74.